The van der Waals surface area contributed by atoms with Crippen molar-refractivity contribution in [3.63, 3.8) is 0 Å². The Morgan fingerprint density at radius 2 is 2.17 bits per heavy atom. The average Bonchev–Trinajstić information content (AvgIpc) is 2.81. The lowest BCUT2D eigenvalue weighted by atomic mass is 10.1. The molecule has 2 rings (SSSR count). The molecule has 0 aliphatic rings. The van der Waals surface area contributed by atoms with Gasteiger partial charge in [-0.2, -0.15) is 5.10 Å². The van der Waals surface area contributed by atoms with E-state index >= 15 is 0 Å². The van der Waals surface area contributed by atoms with E-state index in [0.717, 1.165) is 23.0 Å². The van der Waals surface area contributed by atoms with Gasteiger partial charge in [-0.25, -0.2) is 0 Å². The van der Waals surface area contributed by atoms with Gasteiger partial charge in [-0.3, -0.25) is 9.48 Å². The van der Waals surface area contributed by atoms with Gasteiger partial charge in [0.2, 0.25) is 0 Å². The van der Waals surface area contributed by atoms with Crippen LogP contribution >= 0.6 is 15.9 Å². The number of halogens is 1. The molecule has 0 amide bonds. The summed E-state index contributed by atoms with van der Waals surface area (Å²) in [6.45, 7) is 4.92. The molecule has 0 N–H and O–H groups in total. The molecule has 0 saturated heterocycles. The monoisotopic (exact) mass is 306 g/mol. The highest BCUT2D eigenvalue weighted by Gasteiger charge is 2.12. The van der Waals surface area contributed by atoms with Crippen molar-refractivity contribution < 1.29 is 4.79 Å². The zero-order valence-corrected chi connectivity index (χ0v) is 12.1. The molecule has 0 atom stereocenters. The summed E-state index contributed by atoms with van der Waals surface area (Å²) in [7, 11) is 0. The Balaban J connectivity index is 2.26. The first-order chi connectivity index (χ1) is 8.61. The second-order valence-corrected chi connectivity index (χ2v) is 5.14. The molecule has 0 unspecified atom stereocenters. The van der Waals surface area contributed by atoms with Gasteiger partial charge in [0.05, 0.1) is 11.8 Å². The van der Waals surface area contributed by atoms with Crippen molar-refractivity contribution in [1.29, 1.82) is 0 Å². The van der Waals surface area contributed by atoms with Crippen molar-refractivity contribution in [3.05, 3.63) is 51.8 Å². The smallest absolute Gasteiger partial charge is 0.196 e. The third-order valence-corrected chi connectivity index (χ3v) is 3.64. The number of aryl methyl sites for hydroxylation is 2. The molecule has 0 aliphatic heterocycles. The van der Waals surface area contributed by atoms with Crippen LogP contribution in [0.25, 0.3) is 0 Å². The Bertz CT molecular complexity index is 575. The first-order valence-electron chi connectivity index (χ1n) is 5.95. The molecule has 1 heterocycles. The molecule has 2 aromatic rings. The van der Waals surface area contributed by atoms with Crippen molar-refractivity contribution in [2.75, 3.05) is 0 Å². The summed E-state index contributed by atoms with van der Waals surface area (Å²) in [5.74, 6) is 0.0121. The summed E-state index contributed by atoms with van der Waals surface area (Å²) in [5, 5.41) is 4.18. The highest BCUT2D eigenvalue weighted by atomic mass is 79.9. The Kier molecular flexibility index (Phi) is 3.97. The van der Waals surface area contributed by atoms with Gasteiger partial charge in [-0.1, -0.05) is 35.0 Å². The summed E-state index contributed by atoms with van der Waals surface area (Å²) in [4.78, 5) is 12.3. The number of hydrogen-bond acceptors (Lipinski definition) is 2. The number of hydrogen-bond donors (Lipinski definition) is 0. The SMILES string of the molecule is CCCn1cc(C(=O)c2ccc(C)c(Br)c2)cn1. The number of benzene rings is 1. The van der Waals surface area contributed by atoms with Crippen LogP contribution in [0, 0.1) is 6.92 Å². The maximum absolute atomic E-state index is 12.3. The molecule has 94 valence electrons. The second kappa shape index (κ2) is 5.48. The zero-order chi connectivity index (χ0) is 13.1. The van der Waals surface area contributed by atoms with Gasteiger partial charge in [0.15, 0.2) is 5.78 Å². The highest BCUT2D eigenvalue weighted by molar-refractivity contribution is 9.10. The van der Waals surface area contributed by atoms with E-state index in [1.807, 2.05) is 25.1 Å². The van der Waals surface area contributed by atoms with Crippen molar-refractivity contribution >= 4 is 21.7 Å². The van der Waals surface area contributed by atoms with E-state index in [9.17, 15) is 4.79 Å². The molecule has 0 bridgehead atoms. The summed E-state index contributed by atoms with van der Waals surface area (Å²) in [6, 6.07) is 5.64. The second-order valence-electron chi connectivity index (χ2n) is 4.29. The maximum atomic E-state index is 12.3. The summed E-state index contributed by atoms with van der Waals surface area (Å²) >= 11 is 3.44. The molecule has 0 radical (unpaired) electrons. The van der Waals surface area contributed by atoms with E-state index in [0.29, 0.717) is 11.1 Å². The van der Waals surface area contributed by atoms with Gasteiger partial charge >= 0.3 is 0 Å². The summed E-state index contributed by atoms with van der Waals surface area (Å²) in [6.07, 6.45) is 4.44. The van der Waals surface area contributed by atoms with Gasteiger partial charge in [-0.15, -0.1) is 0 Å². The van der Waals surface area contributed by atoms with Gasteiger partial charge < -0.3 is 0 Å². The fourth-order valence-electron chi connectivity index (χ4n) is 1.73. The predicted octanol–water partition coefficient (Wildman–Crippen LogP) is 3.60. The Labute approximate surface area is 115 Å². The van der Waals surface area contributed by atoms with Crippen LogP contribution in [0.4, 0.5) is 0 Å². The largest absolute Gasteiger partial charge is 0.288 e. The van der Waals surface area contributed by atoms with Crippen molar-refractivity contribution in [2.45, 2.75) is 26.8 Å². The first-order valence-corrected chi connectivity index (χ1v) is 6.74. The van der Waals surface area contributed by atoms with E-state index in [2.05, 4.69) is 28.0 Å². The van der Waals surface area contributed by atoms with Crippen molar-refractivity contribution in [3.8, 4) is 0 Å². The zero-order valence-electron chi connectivity index (χ0n) is 10.5. The van der Waals surface area contributed by atoms with Gasteiger partial charge in [0.1, 0.15) is 0 Å². The maximum Gasteiger partial charge on any atom is 0.196 e. The highest BCUT2D eigenvalue weighted by Crippen LogP contribution is 2.19. The summed E-state index contributed by atoms with van der Waals surface area (Å²) < 4.78 is 2.76. The standard InChI is InChI=1S/C14H15BrN2O/c1-3-6-17-9-12(8-16-17)14(18)11-5-4-10(2)13(15)7-11/h4-5,7-9H,3,6H2,1-2H3. The van der Waals surface area contributed by atoms with Gasteiger partial charge in [0, 0.05) is 22.8 Å². The molecule has 0 aliphatic carbocycles. The fourth-order valence-corrected chi connectivity index (χ4v) is 2.11. The molecule has 4 heteroatoms. The molecule has 0 saturated carbocycles. The third-order valence-electron chi connectivity index (χ3n) is 2.78. The summed E-state index contributed by atoms with van der Waals surface area (Å²) in [5.41, 5.74) is 2.44. The lowest BCUT2D eigenvalue weighted by Gasteiger charge is -2.02. The van der Waals surface area contributed by atoms with Crippen LogP contribution in [0.3, 0.4) is 0 Å². The van der Waals surface area contributed by atoms with Gasteiger partial charge in [-0.05, 0) is 25.0 Å². The lowest BCUT2D eigenvalue weighted by molar-refractivity contribution is 0.103. The van der Waals surface area contributed by atoms with Crippen LogP contribution in [0.15, 0.2) is 35.1 Å². The number of aromatic nitrogens is 2. The minimum absolute atomic E-state index is 0.0121. The van der Waals surface area contributed by atoms with Crippen molar-refractivity contribution in [1.82, 2.24) is 9.78 Å². The Hall–Kier alpha value is -1.42. The minimum Gasteiger partial charge on any atom is -0.288 e. The van der Waals surface area contributed by atoms with E-state index in [4.69, 9.17) is 0 Å². The van der Waals surface area contributed by atoms with Crippen LogP contribution in [-0.2, 0) is 6.54 Å². The average molecular weight is 307 g/mol. The Morgan fingerprint density at radius 3 is 2.83 bits per heavy atom. The van der Waals surface area contributed by atoms with Crippen LogP contribution < -0.4 is 0 Å². The minimum atomic E-state index is 0.0121. The third kappa shape index (κ3) is 2.70. The molecule has 3 nitrogen and oxygen atoms in total. The van der Waals surface area contributed by atoms with Crippen LogP contribution in [0.1, 0.15) is 34.8 Å². The number of ketones is 1. The van der Waals surface area contributed by atoms with Gasteiger partial charge in [0.25, 0.3) is 0 Å². The topological polar surface area (TPSA) is 34.9 Å². The van der Waals surface area contributed by atoms with E-state index < -0.39 is 0 Å². The quantitative estimate of drug-likeness (QED) is 0.809. The number of nitrogens with zero attached hydrogens (tertiary/aromatic N) is 2. The van der Waals surface area contributed by atoms with E-state index in [-0.39, 0.29) is 5.78 Å². The number of rotatable bonds is 4. The fraction of sp³-hybridized carbons (Fsp3) is 0.286. The molecular weight excluding hydrogens is 292 g/mol. The van der Waals surface area contributed by atoms with E-state index in [1.165, 1.54) is 0 Å². The van der Waals surface area contributed by atoms with Crippen molar-refractivity contribution in [2.24, 2.45) is 0 Å². The normalized spacial score (nSPS) is 10.6. The Morgan fingerprint density at radius 1 is 1.39 bits per heavy atom. The number of carbonyl (C=O) groups is 1. The van der Waals surface area contributed by atoms with Crippen LogP contribution in [-0.4, -0.2) is 15.6 Å². The molecular formula is C14H15BrN2O. The molecule has 18 heavy (non-hydrogen) atoms. The van der Waals surface area contributed by atoms with E-state index in [1.54, 1.807) is 17.1 Å². The number of carbonyl (C=O) groups excluding carboxylic acids is 1. The molecule has 0 fully saturated rings. The predicted molar refractivity (Wildman–Crippen MR) is 74.8 cm³/mol. The first kappa shape index (κ1) is 13.0. The van der Waals surface area contributed by atoms with Crippen LogP contribution in [0.5, 0.6) is 0 Å². The molecule has 1 aromatic carbocycles. The lowest BCUT2D eigenvalue weighted by Crippen LogP contribution is -2.01. The molecule has 1 aromatic heterocycles. The molecule has 0 spiro atoms. The van der Waals surface area contributed by atoms with Crippen LogP contribution in [0.2, 0.25) is 0 Å².